The average Bonchev–Trinajstić information content (AvgIpc) is 0. The second-order valence-electron chi connectivity index (χ2n) is 0. The smallest absolute Gasteiger partial charge is 0 e. The van der Waals surface area contributed by atoms with Crippen LogP contribution in [0.5, 0.6) is 0 Å². The van der Waals surface area contributed by atoms with Crippen LogP contribution >= 0.6 is 9.90 Å². The van der Waals surface area contributed by atoms with E-state index in [0.29, 0.717) is 0 Å². The second-order valence-corrected chi connectivity index (χ2v) is 0. The van der Waals surface area contributed by atoms with Gasteiger partial charge in [-0.1, -0.05) is 0 Å². The van der Waals surface area contributed by atoms with Crippen molar-refractivity contribution < 1.29 is 75.2 Å². The number of hydrogen-bond acceptors (Lipinski definition) is 0. The van der Waals surface area contributed by atoms with E-state index in [1.807, 2.05) is 0 Å². The average molecular weight is 408 g/mol. The van der Waals surface area contributed by atoms with Gasteiger partial charge in [-0.25, -0.2) is 0 Å². The summed E-state index contributed by atoms with van der Waals surface area (Å²) in [5, 5.41) is 0. The van der Waals surface area contributed by atoms with Crippen molar-refractivity contribution in [2.24, 2.45) is 0 Å². The molecule has 0 rings (SSSR count). The fourth-order valence-electron chi connectivity index (χ4n) is 0. The van der Waals surface area contributed by atoms with E-state index in [2.05, 4.69) is 0 Å². The zero-order chi connectivity index (χ0) is 0. The van der Waals surface area contributed by atoms with Crippen LogP contribution < -0.4 is 0 Å². The van der Waals surface area contributed by atoms with Gasteiger partial charge in [-0.15, -0.1) is 0 Å². The van der Waals surface area contributed by atoms with Crippen molar-refractivity contribution in [2.75, 3.05) is 0 Å². The van der Waals surface area contributed by atoms with Gasteiger partial charge in [0.2, 0.25) is 0 Å². The first kappa shape index (κ1) is 28.6. The maximum atomic E-state index is 0. The normalized spacial score (nSPS) is 0. The summed E-state index contributed by atoms with van der Waals surface area (Å²) >= 11 is 0. The van der Waals surface area contributed by atoms with E-state index < -0.39 is 0 Å². The Hall–Kier alpha value is 2.90. The van der Waals surface area contributed by atoms with Gasteiger partial charge in [0.15, 0.2) is 0 Å². The zero-order valence-electron chi connectivity index (χ0n) is 2.14. The molecule has 0 nitrogen and oxygen atoms in total. The summed E-state index contributed by atoms with van der Waals surface area (Å²) in [7, 11) is 0. The standard InChI is InChI=1S/La.H3P.V.W/h;1H3;;. The van der Waals surface area contributed by atoms with E-state index in [9.17, 15) is 0 Å². The van der Waals surface area contributed by atoms with E-state index in [0.717, 1.165) is 0 Å². The van der Waals surface area contributed by atoms with Crippen LogP contribution in [0.1, 0.15) is 0 Å². The Balaban J connectivity index is 0. The quantitative estimate of drug-likeness (QED) is 0.498. The Morgan fingerprint density at radius 2 is 1.00 bits per heavy atom. The van der Waals surface area contributed by atoms with Gasteiger partial charge in [-0.3, -0.25) is 0 Å². The molecule has 0 amide bonds. The Kier molecular flexibility index (Phi) is 120. The summed E-state index contributed by atoms with van der Waals surface area (Å²) in [6.45, 7) is 0. The molecular formula is H3LaPVW. The maximum absolute atomic E-state index is 0. The van der Waals surface area contributed by atoms with Gasteiger partial charge in [0.25, 0.3) is 0 Å². The molecule has 2 radical (unpaired) electrons. The minimum Gasteiger partial charge on any atom is -0.153 e. The molecule has 0 aromatic heterocycles. The third kappa shape index (κ3) is 8.86. The van der Waals surface area contributed by atoms with Crippen LogP contribution in [-0.2, 0) is 39.6 Å². The first-order chi connectivity index (χ1) is 0. The first-order valence-corrected chi connectivity index (χ1v) is 0. The summed E-state index contributed by atoms with van der Waals surface area (Å²) in [5.74, 6) is 0. The van der Waals surface area contributed by atoms with Gasteiger partial charge in [0.1, 0.15) is 0 Å². The van der Waals surface area contributed by atoms with Crippen LogP contribution in [0, 0.1) is 35.6 Å². The molecule has 0 saturated carbocycles. The summed E-state index contributed by atoms with van der Waals surface area (Å²) in [6.07, 6.45) is 0. The van der Waals surface area contributed by atoms with Crippen molar-refractivity contribution in [3.05, 3.63) is 0 Å². The Morgan fingerprint density at radius 3 is 1.00 bits per heavy atom. The number of rotatable bonds is 0. The molecule has 0 heterocycles. The van der Waals surface area contributed by atoms with Crippen molar-refractivity contribution in [2.45, 2.75) is 0 Å². The topological polar surface area (TPSA) is 0 Å². The molecule has 0 bridgehead atoms. The summed E-state index contributed by atoms with van der Waals surface area (Å²) in [5.41, 5.74) is 0. The molecule has 0 spiro atoms. The SMILES string of the molecule is P.[La].[V].[W]. The van der Waals surface area contributed by atoms with Gasteiger partial charge in [-0.2, -0.15) is 9.90 Å². The van der Waals surface area contributed by atoms with E-state index in [4.69, 9.17) is 0 Å². The largest absolute Gasteiger partial charge is 0.153 e. The summed E-state index contributed by atoms with van der Waals surface area (Å²) in [4.78, 5) is 0. The van der Waals surface area contributed by atoms with Crippen LogP contribution in [0.2, 0.25) is 0 Å². The zero-order valence-corrected chi connectivity index (χ0v) is 11.5. The minimum atomic E-state index is 0. The molecule has 22 valence electrons. The third-order valence-electron chi connectivity index (χ3n) is 0. The first-order valence-electron chi connectivity index (χ1n) is 0. The number of hydrogen-bond donors (Lipinski definition) is 0. The Morgan fingerprint density at radius 1 is 1.00 bits per heavy atom. The monoisotopic (exact) mass is 408 g/mol. The van der Waals surface area contributed by atoms with Crippen LogP contribution in [-0.4, -0.2) is 0 Å². The molecule has 0 aromatic carbocycles. The summed E-state index contributed by atoms with van der Waals surface area (Å²) < 4.78 is 0. The van der Waals surface area contributed by atoms with Crippen molar-refractivity contribution in [1.82, 2.24) is 0 Å². The molecule has 1 atom stereocenters. The Labute approximate surface area is 83.6 Å². The molecular weight excluding hydrogens is 405 g/mol. The molecule has 0 N–H and O–H groups in total. The predicted molar refractivity (Wildman–Crippen MR) is 11.1 cm³/mol. The van der Waals surface area contributed by atoms with Crippen LogP contribution in [0.15, 0.2) is 0 Å². The summed E-state index contributed by atoms with van der Waals surface area (Å²) in [6, 6.07) is 0. The van der Waals surface area contributed by atoms with Gasteiger partial charge < -0.3 is 0 Å². The molecule has 0 aliphatic heterocycles. The van der Waals surface area contributed by atoms with E-state index in [-0.39, 0.29) is 85.1 Å². The fraction of sp³-hybridized carbons (Fsp3) is 0. The van der Waals surface area contributed by atoms with Gasteiger partial charge in [-0.05, 0) is 0 Å². The van der Waals surface area contributed by atoms with Crippen molar-refractivity contribution >= 4 is 9.90 Å². The van der Waals surface area contributed by atoms with Crippen LogP contribution in [0.4, 0.5) is 0 Å². The van der Waals surface area contributed by atoms with E-state index in [1.54, 1.807) is 0 Å². The van der Waals surface area contributed by atoms with Gasteiger partial charge >= 0.3 is 0 Å². The van der Waals surface area contributed by atoms with Gasteiger partial charge in [0.05, 0.1) is 0 Å². The van der Waals surface area contributed by atoms with Crippen molar-refractivity contribution in [1.29, 1.82) is 0 Å². The minimum absolute atomic E-state index is 0. The molecule has 0 saturated heterocycles. The Bertz CT molecular complexity index is 8.00. The molecule has 0 aromatic rings. The second kappa shape index (κ2) is 16.8. The molecule has 0 aliphatic rings. The predicted octanol–water partition coefficient (Wildman–Crippen LogP) is 0.0531. The van der Waals surface area contributed by atoms with Crippen molar-refractivity contribution in [3.63, 3.8) is 0 Å². The van der Waals surface area contributed by atoms with Crippen LogP contribution in [0.25, 0.3) is 0 Å². The molecule has 4 heteroatoms. The van der Waals surface area contributed by atoms with E-state index in [1.165, 1.54) is 0 Å². The molecule has 4 heavy (non-hydrogen) atoms. The van der Waals surface area contributed by atoms with Crippen LogP contribution in [0.3, 0.4) is 0 Å². The van der Waals surface area contributed by atoms with E-state index >= 15 is 0 Å². The molecule has 0 fully saturated rings. The molecule has 0 aliphatic carbocycles. The van der Waals surface area contributed by atoms with Gasteiger partial charge in [0, 0.05) is 75.2 Å². The fourth-order valence-corrected chi connectivity index (χ4v) is 0. The molecule has 1 unspecified atom stereocenters. The third-order valence-corrected chi connectivity index (χ3v) is 0. The maximum Gasteiger partial charge on any atom is 0 e. The van der Waals surface area contributed by atoms with Crippen molar-refractivity contribution in [3.8, 4) is 0 Å².